The molecule has 3 aromatic rings. The lowest BCUT2D eigenvalue weighted by Gasteiger charge is -2.04. The van der Waals surface area contributed by atoms with Gasteiger partial charge in [-0.3, -0.25) is 0 Å². The van der Waals surface area contributed by atoms with E-state index in [-0.39, 0.29) is 0 Å². The third-order valence-corrected chi connectivity index (χ3v) is 4.05. The van der Waals surface area contributed by atoms with Gasteiger partial charge in [-0.25, -0.2) is 0 Å². The molecule has 0 amide bonds. The van der Waals surface area contributed by atoms with Crippen molar-refractivity contribution in [3.05, 3.63) is 65.0 Å². The lowest BCUT2D eigenvalue weighted by molar-refractivity contribution is 0.310. The first-order chi connectivity index (χ1) is 9.85. The summed E-state index contributed by atoms with van der Waals surface area (Å²) in [6.45, 7) is 0.587. The maximum absolute atomic E-state index is 5.79. The standard InChI is InChI=1S/C16H14N2OS/c17-18-10-12-5-7-14(8-6-12)19-11-15-9-13-3-1-2-4-16(13)20-15/h1-10H,11,17H2. The van der Waals surface area contributed by atoms with Gasteiger partial charge in [0, 0.05) is 9.58 Å². The van der Waals surface area contributed by atoms with Crippen LogP contribution in [0.1, 0.15) is 10.4 Å². The highest BCUT2D eigenvalue weighted by Gasteiger charge is 2.02. The van der Waals surface area contributed by atoms with Crippen LogP contribution in [-0.4, -0.2) is 6.21 Å². The van der Waals surface area contributed by atoms with Crippen molar-refractivity contribution < 1.29 is 4.74 Å². The molecule has 0 aliphatic heterocycles. The van der Waals surface area contributed by atoms with E-state index in [1.54, 1.807) is 17.6 Å². The van der Waals surface area contributed by atoms with Crippen molar-refractivity contribution in [2.45, 2.75) is 6.61 Å². The zero-order valence-electron chi connectivity index (χ0n) is 10.8. The summed E-state index contributed by atoms with van der Waals surface area (Å²) in [6.07, 6.45) is 1.61. The van der Waals surface area contributed by atoms with Gasteiger partial charge in [0.2, 0.25) is 0 Å². The molecular formula is C16H14N2OS. The molecule has 1 aromatic heterocycles. The van der Waals surface area contributed by atoms with Gasteiger partial charge >= 0.3 is 0 Å². The van der Waals surface area contributed by atoms with Gasteiger partial charge in [-0.05, 0) is 47.3 Å². The number of ether oxygens (including phenoxy) is 1. The molecule has 0 aliphatic carbocycles. The van der Waals surface area contributed by atoms with Crippen LogP contribution in [0.5, 0.6) is 5.75 Å². The first-order valence-electron chi connectivity index (χ1n) is 6.29. The minimum absolute atomic E-state index is 0.587. The van der Waals surface area contributed by atoms with Crippen LogP contribution < -0.4 is 10.6 Å². The highest BCUT2D eigenvalue weighted by molar-refractivity contribution is 7.19. The summed E-state index contributed by atoms with van der Waals surface area (Å²) < 4.78 is 7.08. The van der Waals surface area contributed by atoms with Crippen LogP contribution in [0.3, 0.4) is 0 Å². The number of hydrogen-bond donors (Lipinski definition) is 1. The Balaban J connectivity index is 1.69. The predicted octanol–water partition coefficient (Wildman–Crippen LogP) is 3.77. The molecule has 2 N–H and O–H groups in total. The summed E-state index contributed by atoms with van der Waals surface area (Å²) in [5.41, 5.74) is 0.960. The number of nitrogens with two attached hydrogens (primary N) is 1. The third kappa shape index (κ3) is 2.81. The van der Waals surface area contributed by atoms with E-state index in [1.165, 1.54) is 15.0 Å². The molecule has 0 saturated carbocycles. The monoisotopic (exact) mass is 282 g/mol. The Morgan fingerprint density at radius 2 is 1.90 bits per heavy atom. The quantitative estimate of drug-likeness (QED) is 0.450. The average Bonchev–Trinajstić information content (AvgIpc) is 2.90. The maximum atomic E-state index is 5.79. The molecule has 0 aliphatic rings. The molecule has 0 radical (unpaired) electrons. The predicted molar refractivity (Wildman–Crippen MR) is 84.4 cm³/mol. The van der Waals surface area contributed by atoms with Gasteiger partial charge in [-0.2, -0.15) is 5.10 Å². The van der Waals surface area contributed by atoms with E-state index >= 15 is 0 Å². The van der Waals surface area contributed by atoms with Gasteiger partial charge in [0.05, 0.1) is 6.21 Å². The molecule has 0 spiro atoms. The van der Waals surface area contributed by atoms with E-state index in [2.05, 4.69) is 35.4 Å². The van der Waals surface area contributed by atoms with Crippen LogP contribution in [0.25, 0.3) is 10.1 Å². The van der Waals surface area contributed by atoms with Gasteiger partial charge in [-0.15, -0.1) is 11.3 Å². The summed E-state index contributed by atoms with van der Waals surface area (Å²) in [4.78, 5) is 1.22. The number of hydrogen-bond acceptors (Lipinski definition) is 4. The molecule has 4 heteroatoms. The van der Waals surface area contributed by atoms with Crippen LogP contribution in [0, 0.1) is 0 Å². The van der Waals surface area contributed by atoms with Gasteiger partial charge in [-0.1, -0.05) is 18.2 Å². The summed E-state index contributed by atoms with van der Waals surface area (Å²) >= 11 is 1.77. The Morgan fingerprint density at radius 3 is 2.65 bits per heavy atom. The SMILES string of the molecule is NN=Cc1ccc(OCc2cc3ccccc3s2)cc1. The Morgan fingerprint density at radius 1 is 1.10 bits per heavy atom. The molecule has 100 valence electrons. The Hall–Kier alpha value is -2.33. The molecule has 0 unspecified atom stereocenters. The van der Waals surface area contributed by atoms with Gasteiger partial charge < -0.3 is 10.6 Å². The molecular weight excluding hydrogens is 268 g/mol. The Bertz CT molecular complexity index is 699. The fourth-order valence-electron chi connectivity index (χ4n) is 2.00. The Kier molecular flexibility index (Phi) is 3.65. The molecule has 0 saturated heterocycles. The number of benzene rings is 2. The molecule has 2 aromatic carbocycles. The van der Waals surface area contributed by atoms with Crippen LogP contribution in [0.15, 0.2) is 59.7 Å². The summed E-state index contributed by atoms with van der Waals surface area (Å²) in [5.74, 6) is 5.95. The topological polar surface area (TPSA) is 47.6 Å². The van der Waals surface area contributed by atoms with Crippen LogP contribution >= 0.6 is 11.3 Å². The summed E-state index contributed by atoms with van der Waals surface area (Å²) in [6, 6.07) is 18.2. The molecule has 0 atom stereocenters. The smallest absolute Gasteiger partial charge is 0.122 e. The highest BCUT2D eigenvalue weighted by atomic mass is 32.1. The van der Waals surface area contributed by atoms with E-state index in [9.17, 15) is 0 Å². The van der Waals surface area contributed by atoms with Crippen molar-refractivity contribution in [2.24, 2.45) is 10.9 Å². The zero-order valence-corrected chi connectivity index (χ0v) is 11.6. The molecule has 3 rings (SSSR count). The van der Waals surface area contributed by atoms with Gasteiger partial charge in [0.1, 0.15) is 12.4 Å². The van der Waals surface area contributed by atoms with E-state index in [0.717, 1.165) is 11.3 Å². The first-order valence-corrected chi connectivity index (χ1v) is 7.10. The largest absolute Gasteiger partial charge is 0.488 e. The van der Waals surface area contributed by atoms with E-state index in [4.69, 9.17) is 10.6 Å². The molecule has 20 heavy (non-hydrogen) atoms. The minimum Gasteiger partial charge on any atom is -0.488 e. The van der Waals surface area contributed by atoms with E-state index < -0.39 is 0 Å². The van der Waals surface area contributed by atoms with Crippen molar-refractivity contribution in [1.82, 2.24) is 0 Å². The average molecular weight is 282 g/mol. The second kappa shape index (κ2) is 5.75. The molecule has 0 bridgehead atoms. The number of thiophene rings is 1. The van der Waals surface area contributed by atoms with Gasteiger partial charge in [0.25, 0.3) is 0 Å². The number of hydrazone groups is 1. The van der Waals surface area contributed by atoms with Crippen LogP contribution in [0.4, 0.5) is 0 Å². The summed E-state index contributed by atoms with van der Waals surface area (Å²) in [7, 11) is 0. The molecule has 0 fully saturated rings. The number of rotatable bonds is 4. The lowest BCUT2D eigenvalue weighted by Crippen LogP contribution is -1.93. The van der Waals surface area contributed by atoms with Crippen molar-refractivity contribution >= 4 is 27.6 Å². The third-order valence-electron chi connectivity index (χ3n) is 2.96. The zero-order chi connectivity index (χ0) is 13.8. The maximum Gasteiger partial charge on any atom is 0.122 e. The van der Waals surface area contributed by atoms with Crippen molar-refractivity contribution in [1.29, 1.82) is 0 Å². The van der Waals surface area contributed by atoms with E-state index in [0.29, 0.717) is 6.61 Å². The highest BCUT2D eigenvalue weighted by Crippen LogP contribution is 2.26. The Labute approximate surface area is 121 Å². The first kappa shape index (κ1) is 12.7. The van der Waals surface area contributed by atoms with Crippen molar-refractivity contribution in [2.75, 3.05) is 0 Å². The number of nitrogens with zero attached hydrogens (tertiary/aromatic N) is 1. The van der Waals surface area contributed by atoms with Crippen LogP contribution in [-0.2, 0) is 6.61 Å². The number of fused-ring (bicyclic) bond motifs is 1. The van der Waals surface area contributed by atoms with Crippen LogP contribution in [0.2, 0.25) is 0 Å². The normalized spacial score (nSPS) is 11.2. The minimum atomic E-state index is 0.587. The fourth-order valence-corrected chi connectivity index (χ4v) is 2.98. The van der Waals surface area contributed by atoms with Gasteiger partial charge in [0.15, 0.2) is 0 Å². The van der Waals surface area contributed by atoms with E-state index in [1.807, 2.05) is 24.3 Å². The lowest BCUT2D eigenvalue weighted by atomic mass is 10.2. The second-order valence-corrected chi connectivity index (χ2v) is 5.55. The molecule has 1 heterocycles. The second-order valence-electron chi connectivity index (χ2n) is 4.39. The van der Waals surface area contributed by atoms with Crippen molar-refractivity contribution in [3.8, 4) is 5.75 Å². The van der Waals surface area contributed by atoms with Crippen molar-refractivity contribution in [3.63, 3.8) is 0 Å². The summed E-state index contributed by atoms with van der Waals surface area (Å²) in [5, 5.41) is 4.76. The molecule has 3 nitrogen and oxygen atoms in total. The fraction of sp³-hybridized carbons (Fsp3) is 0.0625.